The second-order valence-corrected chi connectivity index (χ2v) is 7.30. The fourth-order valence-electron chi connectivity index (χ4n) is 3.54. The number of anilines is 2. The van der Waals surface area contributed by atoms with Crippen molar-refractivity contribution in [2.24, 2.45) is 0 Å². The number of rotatable bonds is 4. The SMILES string of the molecule is CC.CC1CN(c2ccc(OC(F)(F)F)cc2)C(=O)c2c(C(=O)Nc3cccc(C#N)c3)cnn21. The van der Waals surface area contributed by atoms with Crippen molar-refractivity contribution in [3.05, 3.63) is 71.5 Å². The number of hydrogen-bond donors (Lipinski definition) is 1. The van der Waals surface area contributed by atoms with Gasteiger partial charge in [0.2, 0.25) is 0 Å². The number of carbonyl (C=O) groups is 2. The van der Waals surface area contributed by atoms with Crippen LogP contribution in [0.3, 0.4) is 0 Å². The van der Waals surface area contributed by atoms with Crippen molar-refractivity contribution in [2.45, 2.75) is 33.2 Å². The molecule has 0 spiro atoms. The predicted octanol–water partition coefficient (Wildman–Crippen LogP) is 5.15. The molecule has 1 N–H and O–H groups in total. The van der Waals surface area contributed by atoms with Gasteiger partial charge in [-0.1, -0.05) is 19.9 Å². The van der Waals surface area contributed by atoms with Crippen LogP contribution in [0.5, 0.6) is 5.75 Å². The first-order valence-corrected chi connectivity index (χ1v) is 10.7. The summed E-state index contributed by atoms with van der Waals surface area (Å²) in [6.45, 7) is 6.01. The molecule has 3 aromatic rings. The van der Waals surface area contributed by atoms with Gasteiger partial charge >= 0.3 is 6.36 Å². The van der Waals surface area contributed by atoms with E-state index in [4.69, 9.17) is 5.26 Å². The van der Waals surface area contributed by atoms with E-state index < -0.39 is 23.9 Å². The van der Waals surface area contributed by atoms with E-state index in [9.17, 15) is 22.8 Å². The number of ether oxygens (including phenoxy) is 1. The second-order valence-electron chi connectivity index (χ2n) is 7.30. The largest absolute Gasteiger partial charge is 0.573 e. The molecule has 0 bridgehead atoms. The summed E-state index contributed by atoms with van der Waals surface area (Å²) in [6, 6.07) is 12.9. The van der Waals surface area contributed by atoms with Gasteiger partial charge in [-0.05, 0) is 49.4 Å². The molecule has 35 heavy (non-hydrogen) atoms. The lowest BCUT2D eigenvalue weighted by atomic mass is 10.1. The van der Waals surface area contributed by atoms with Crippen molar-refractivity contribution in [3.8, 4) is 11.8 Å². The normalized spacial score (nSPS) is 14.8. The molecule has 1 aromatic heterocycles. The molecule has 1 atom stereocenters. The van der Waals surface area contributed by atoms with Gasteiger partial charge in [0.1, 0.15) is 11.4 Å². The molecule has 11 heteroatoms. The summed E-state index contributed by atoms with van der Waals surface area (Å²) in [5.74, 6) is -1.51. The molecule has 1 aliphatic heterocycles. The lowest BCUT2D eigenvalue weighted by Crippen LogP contribution is -2.43. The molecule has 182 valence electrons. The number of nitrogens with zero attached hydrogens (tertiary/aromatic N) is 4. The van der Waals surface area contributed by atoms with E-state index in [1.807, 2.05) is 19.9 Å². The Labute approximate surface area is 199 Å². The third kappa shape index (κ3) is 5.60. The molecule has 2 heterocycles. The number of nitriles is 1. The summed E-state index contributed by atoms with van der Waals surface area (Å²) in [5, 5.41) is 15.9. The van der Waals surface area contributed by atoms with Gasteiger partial charge in [-0.3, -0.25) is 14.3 Å². The number of carbonyl (C=O) groups excluding carboxylic acids is 2. The van der Waals surface area contributed by atoms with Gasteiger partial charge in [-0.15, -0.1) is 13.2 Å². The highest BCUT2D eigenvalue weighted by Crippen LogP contribution is 2.30. The molecule has 0 saturated heterocycles. The fraction of sp³-hybridized carbons (Fsp3) is 0.250. The molecule has 4 rings (SSSR count). The number of nitrogens with one attached hydrogen (secondary N) is 1. The minimum Gasteiger partial charge on any atom is -0.406 e. The fourth-order valence-corrected chi connectivity index (χ4v) is 3.54. The maximum Gasteiger partial charge on any atom is 0.573 e. The number of benzene rings is 2. The smallest absolute Gasteiger partial charge is 0.406 e. The Balaban J connectivity index is 0.00000167. The number of hydrogen-bond acceptors (Lipinski definition) is 5. The van der Waals surface area contributed by atoms with Crippen LogP contribution in [0.25, 0.3) is 0 Å². The number of alkyl halides is 3. The molecule has 2 aromatic carbocycles. The van der Waals surface area contributed by atoms with Crippen LogP contribution in [0.4, 0.5) is 24.5 Å². The van der Waals surface area contributed by atoms with Crippen molar-refractivity contribution >= 4 is 23.2 Å². The molecule has 2 amide bonds. The molecule has 0 radical (unpaired) electrons. The number of amides is 2. The van der Waals surface area contributed by atoms with Gasteiger partial charge in [0.25, 0.3) is 11.8 Å². The lowest BCUT2D eigenvalue weighted by Gasteiger charge is -2.32. The van der Waals surface area contributed by atoms with Crippen molar-refractivity contribution in [2.75, 3.05) is 16.8 Å². The second kappa shape index (κ2) is 10.3. The first-order chi connectivity index (χ1) is 16.7. The Morgan fingerprint density at radius 2 is 1.89 bits per heavy atom. The Hall–Kier alpha value is -4.33. The lowest BCUT2D eigenvalue weighted by molar-refractivity contribution is -0.274. The highest BCUT2D eigenvalue weighted by molar-refractivity contribution is 6.15. The van der Waals surface area contributed by atoms with Crippen LogP contribution in [0.15, 0.2) is 54.7 Å². The van der Waals surface area contributed by atoms with E-state index >= 15 is 0 Å². The van der Waals surface area contributed by atoms with Gasteiger partial charge in [-0.2, -0.15) is 10.4 Å². The highest BCUT2D eigenvalue weighted by Gasteiger charge is 2.36. The zero-order valence-corrected chi connectivity index (χ0v) is 19.1. The first-order valence-electron chi connectivity index (χ1n) is 10.7. The summed E-state index contributed by atoms with van der Waals surface area (Å²) >= 11 is 0. The van der Waals surface area contributed by atoms with Crippen LogP contribution in [0.1, 0.15) is 53.2 Å². The van der Waals surface area contributed by atoms with Crippen molar-refractivity contribution in [3.63, 3.8) is 0 Å². The molecule has 1 unspecified atom stereocenters. The minimum absolute atomic E-state index is 0.0379. The van der Waals surface area contributed by atoms with Gasteiger partial charge in [0, 0.05) is 17.9 Å². The molecule has 0 aliphatic carbocycles. The molecule has 8 nitrogen and oxygen atoms in total. The van der Waals surface area contributed by atoms with Crippen LogP contribution < -0.4 is 15.0 Å². The van der Waals surface area contributed by atoms with Crippen LogP contribution in [0.2, 0.25) is 0 Å². The van der Waals surface area contributed by atoms with E-state index in [2.05, 4.69) is 15.2 Å². The first kappa shape index (κ1) is 25.3. The monoisotopic (exact) mass is 485 g/mol. The number of fused-ring (bicyclic) bond motifs is 1. The van der Waals surface area contributed by atoms with Crippen LogP contribution >= 0.6 is 0 Å². The summed E-state index contributed by atoms with van der Waals surface area (Å²) in [7, 11) is 0. The third-order valence-electron chi connectivity index (χ3n) is 4.98. The van der Waals surface area contributed by atoms with Crippen molar-refractivity contribution in [1.29, 1.82) is 5.26 Å². The van der Waals surface area contributed by atoms with Gasteiger partial charge in [-0.25, -0.2) is 0 Å². The van der Waals surface area contributed by atoms with Crippen molar-refractivity contribution in [1.82, 2.24) is 9.78 Å². The van der Waals surface area contributed by atoms with Crippen LogP contribution in [0, 0.1) is 11.3 Å². The zero-order chi connectivity index (χ0) is 25.8. The van der Waals surface area contributed by atoms with E-state index in [-0.39, 0.29) is 23.8 Å². The predicted molar refractivity (Wildman–Crippen MR) is 122 cm³/mol. The average molecular weight is 485 g/mol. The standard InChI is InChI=1S/C22H16F3N5O3.C2H6/c1-13-12-29(16-5-7-17(8-6-16)33-22(23,24)25)21(32)19-18(11-27-30(13)19)20(31)28-15-4-2-3-14(9-15)10-26;1-2/h2-9,11,13H,12H2,1H3,(H,28,31);1-2H3. The Morgan fingerprint density at radius 3 is 2.51 bits per heavy atom. The van der Waals surface area contributed by atoms with Crippen molar-refractivity contribution < 1.29 is 27.5 Å². The molecule has 0 fully saturated rings. The van der Waals surface area contributed by atoms with Crippen LogP contribution in [-0.4, -0.2) is 34.5 Å². The Bertz CT molecular complexity index is 1260. The van der Waals surface area contributed by atoms with Gasteiger partial charge in [0.15, 0.2) is 0 Å². The van der Waals surface area contributed by atoms with Gasteiger partial charge < -0.3 is 15.0 Å². The molecule has 1 aliphatic rings. The highest BCUT2D eigenvalue weighted by atomic mass is 19.4. The zero-order valence-electron chi connectivity index (χ0n) is 19.1. The summed E-state index contributed by atoms with van der Waals surface area (Å²) < 4.78 is 42.5. The maximum atomic E-state index is 13.2. The van der Waals surface area contributed by atoms with E-state index in [1.54, 1.807) is 25.1 Å². The number of halogens is 3. The maximum absolute atomic E-state index is 13.2. The quantitative estimate of drug-likeness (QED) is 0.551. The summed E-state index contributed by atoms with van der Waals surface area (Å²) in [6.07, 6.45) is -3.53. The Morgan fingerprint density at radius 1 is 1.20 bits per heavy atom. The van der Waals surface area contributed by atoms with Gasteiger partial charge in [0.05, 0.1) is 29.4 Å². The molecular weight excluding hydrogens is 463 g/mol. The van der Waals surface area contributed by atoms with E-state index in [1.165, 1.54) is 34.0 Å². The average Bonchev–Trinajstić information content (AvgIpc) is 3.29. The molecular formula is C24H22F3N5O3. The minimum atomic E-state index is -4.82. The third-order valence-corrected chi connectivity index (χ3v) is 4.98. The molecule has 0 saturated carbocycles. The topological polar surface area (TPSA) is 100 Å². The van der Waals surface area contributed by atoms with E-state index in [0.29, 0.717) is 16.9 Å². The Kier molecular flexibility index (Phi) is 7.44. The summed E-state index contributed by atoms with van der Waals surface area (Å²) in [5.41, 5.74) is 1.18. The summed E-state index contributed by atoms with van der Waals surface area (Å²) in [4.78, 5) is 27.5. The van der Waals surface area contributed by atoms with E-state index in [0.717, 1.165) is 12.1 Å². The van der Waals surface area contributed by atoms with Crippen LogP contribution in [-0.2, 0) is 0 Å². The number of aromatic nitrogens is 2.